The van der Waals surface area contributed by atoms with Crippen molar-refractivity contribution in [2.75, 3.05) is 0 Å². The minimum absolute atomic E-state index is 0.174. The molecule has 2 N–H and O–H groups in total. The van der Waals surface area contributed by atoms with Crippen molar-refractivity contribution < 1.29 is 24.4 Å². The quantitative estimate of drug-likeness (QED) is 0.664. The Morgan fingerprint density at radius 2 is 1.94 bits per heavy atom. The van der Waals surface area contributed by atoms with E-state index in [9.17, 15) is 10.2 Å². The fourth-order valence-corrected chi connectivity index (χ4v) is 5.03. The lowest BCUT2D eigenvalue weighted by Gasteiger charge is -2.28. The lowest BCUT2D eigenvalue weighted by Crippen LogP contribution is -2.34. The zero-order chi connectivity index (χ0) is 21.3. The molecule has 1 aromatic carbocycles. The van der Waals surface area contributed by atoms with Crippen LogP contribution >= 0.6 is 0 Å². The monoisotopic (exact) mass is 423 g/mol. The van der Waals surface area contributed by atoms with E-state index in [0.29, 0.717) is 11.3 Å². The van der Waals surface area contributed by atoms with Gasteiger partial charge in [-0.2, -0.15) is 0 Å². The molecule has 1 aliphatic carbocycles. The van der Waals surface area contributed by atoms with Crippen LogP contribution < -0.4 is 0 Å². The summed E-state index contributed by atoms with van der Waals surface area (Å²) in [5.74, 6) is -0.788. The van der Waals surface area contributed by atoms with Gasteiger partial charge in [0.1, 0.15) is 36.4 Å². The Balaban J connectivity index is 1.38. The predicted molar refractivity (Wildman–Crippen MR) is 110 cm³/mol. The van der Waals surface area contributed by atoms with Crippen LogP contribution in [0.2, 0.25) is 0 Å². The van der Waals surface area contributed by atoms with Crippen molar-refractivity contribution in [2.24, 2.45) is 0 Å². The number of rotatable bonds is 4. The summed E-state index contributed by atoms with van der Waals surface area (Å²) in [6, 6.07) is 7.99. The molecule has 31 heavy (non-hydrogen) atoms. The minimum Gasteiger partial charge on any atom is -0.390 e. The number of aromatic nitrogens is 3. The Hall–Kier alpha value is -2.36. The van der Waals surface area contributed by atoms with Crippen LogP contribution in [0, 0.1) is 0 Å². The summed E-state index contributed by atoms with van der Waals surface area (Å²) in [5, 5.41) is 21.6. The highest BCUT2D eigenvalue weighted by Gasteiger charge is 2.58. The Kier molecular flexibility index (Phi) is 4.25. The summed E-state index contributed by atoms with van der Waals surface area (Å²) >= 11 is 0. The third-order valence-electron chi connectivity index (χ3n) is 6.63. The first-order valence-electron chi connectivity index (χ1n) is 10.7. The van der Waals surface area contributed by atoms with Gasteiger partial charge in [0, 0.05) is 11.6 Å². The molecular weight excluding hydrogens is 398 g/mol. The summed E-state index contributed by atoms with van der Waals surface area (Å²) in [6.45, 7) is 3.57. The van der Waals surface area contributed by atoms with Crippen LogP contribution in [0.4, 0.5) is 0 Å². The average Bonchev–Trinajstić information content (AvgIpc) is 3.38. The van der Waals surface area contributed by atoms with E-state index in [1.807, 2.05) is 36.7 Å². The molecule has 0 saturated carbocycles. The largest absolute Gasteiger partial charge is 0.390 e. The number of ether oxygens (including phenoxy) is 3. The Bertz CT molecular complexity index is 1160. The van der Waals surface area contributed by atoms with Gasteiger partial charge in [-0.3, -0.25) is 0 Å². The number of nitrogens with zero attached hydrogens (tertiary/aromatic N) is 3. The van der Waals surface area contributed by atoms with Gasteiger partial charge in [0.25, 0.3) is 0 Å². The Morgan fingerprint density at radius 3 is 2.68 bits per heavy atom. The average molecular weight is 423 g/mol. The molecule has 0 amide bonds. The standard InChI is InChI=1S/C23H25N3O5/c1-23(2)30-19-18(17(28)14-6-4-12-3-5-13(12)9-14)29-22(20(19)31-23)26-8-7-15-16(10-27)24-11-25-21(15)26/h4,6-9,11,17-20,22,27-28H,3,5,10H2,1-2H3/t17?,18-,19-,20-,22-/m1/s1. The first kappa shape index (κ1) is 19.3. The number of fused-ring (bicyclic) bond motifs is 3. The second kappa shape index (κ2) is 6.82. The molecule has 0 bridgehead atoms. The van der Waals surface area contributed by atoms with Crippen molar-refractivity contribution in [3.05, 3.63) is 59.2 Å². The van der Waals surface area contributed by atoms with E-state index in [0.717, 1.165) is 23.8 Å². The van der Waals surface area contributed by atoms with E-state index in [-0.39, 0.29) is 6.61 Å². The van der Waals surface area contributed by atoms with Gasteiger partial charge in [-0.05, 0) is 49.4 Å². The molecule has 162 valence electrons. The normalized spacial score (nSPS) is 29.5. The maximum absolute atomic E-state index is 11.3. The zero-order valence-corrected chi connectivity index (χ0v) is 17.4. The lowest BCUT2D eigenvalue weighted by molar-refractivity contribution is -0.207. The summed E-state index contributed by atoms with van der Waals surface area (Å²) < 4.78 is 20.7. The van der Waals surface area contributed by atoms with E-state index in [1.165, 1.54) is 17.5 Å². The molecule has 2 aliphatic heterocycles. The summed E-state index contributed by atoms with van der Waals surface area (Å²) in [6.07, 6.45) is 2.62. The van der Waals surface area contributed by atoms with Gasteiger partial charge in [0.05, 0.1) is 12.3 Å². The highest BCUT2D eigenvalue weighted by molar-refractivity contribution is 5.78. The van der Waals surface area contributed by atoms with Crippen molar-refractivity contribution in [1.29, 1.82) is 0 Å². The Morgan fingerprint density at radius 1 is 1.13 bits per heavy atom. The number of aryl methyl sites for hydroxylation is 2. The zero-order valence-electron chi connectivity index (χ0n) is 17.4. The van der Waals surface area contributed by atoms with Gasteiger partial charge in [-0.15, -0.1) is 0 Å². The maximum atomic E-state index is 11.3. The summed E-state index contributed by atoms with van der Waals surface area (Å²) in [4.78, 5) is 8.55. The molecule has 2 aromatic heterocycles. The van der Waals surface area contributed by atoms with Crippen LogP contribution in [0.5, 0.6) is 0 Å². The molecule has 6 rings (SSSR count). The molecule has 2 fully saturated rings. The molecule has 1 unspecified atom stereocenters. The molecule has 3 aromatic rings. The summed E-state index contributed by atoms with van der Waals surface area (Å²) in [5.41, 5.74) is 4.67. The second-order valence-corrected chi connectivity index (χ2v) is 8.97. The lowest BCUT2D eigenvalue weighted by atomic mass is 9.85. The van der Waals surface area contributed by atoms with Gasteiger partial charge < -0.3 is 29.0 Å². The molecule has 8 nitrogen and oxygen atoms in total. The molecule has 4 heterocycles. The maximum Gasteiger partial charge on any atom is 0.164 e. The topological polar surface area (TPSA) is 98.9 Å². The van der Waals surface area contributed by atoms with Gasteiger partial charge in [0.2, 0.25) is 0 Å². The van der Waals surface area contributed by atoms with Crippen LogP contribution in [0.15, 0.2) is 36.8 Å². The van der Waals surface area contributed by atoms with Crippen molar-refractivity contribution >= 4 is 11.0 Å². The van der Waals surface area contributed by atoms with E-state index in [1.54, 1.807) is 0 Å². The van der Waals surface area contributed by atoms with Crippen molar-refractivity contribution in [1.82, 2.24) is 14.5 Å². The molecular formula is C23H25N3O5. The molecule has 8 heteroatoms. The molecule has 3 aliphatic rings. The first-order valence-corrected chi connectivity index (χ1v) is 10.7. The van der Waals surface area contributed by atoms with Crippen LogP contribution in [-0.4, -0.2) is 48.8 Å². The van der Waals surface area contributed by atoms with Crippen LogP contribution in [0.25, 0.3) is 11.0 Å². The fourth-order valence-electron chi connectivity index (χ4n) is 5.03. The number of benzene rings is 1. The second-order valence-electron chi connectivity index (χ2n) is 8.97. The third kappa shape index (κ3) is 2.94. The smallest absolute Gasteiger partial charge is 0.164 e. The first-order chi connectivity index (χ1) is 14.9. The van der Waals surface area contributed by atoms with E-state index in [4.69, 9.17) is 14.2 Å². The van der Waals surface area contributed by atoms with Gasteiger partial charge >= 0.3 is 0 Å². The van der Waals surface area contributed by atoms with Gasteiger partial charge in [0.15, 0.2) is 12.0 Å². The van der Waals surface area contributed by atoms with E-state index in [2.05, 4.69) is 22.1 Å². The third-order valence-corrected chi connectivity index (χ3v) is 6.63. The molecule has 5 atom stereocenters. The molecule has 0 radical (unpaired) electrons. The van der Waals surface area contributed by atoms with Crippen LogP contribution in [0.3, 0.4) is 0 Å². The molecule has 2 saturated heterocycles. The van der Waals surface area contributed by atoms with Crippen molar-refractivity contribution in [3.63, 3.8) is 0 Å². The number of hydrogen-bond acceptors (Lipinski definition) is 7. The van der Waals surface area contributed by atoms with Crippen LogP contribution in [0.1, 0.15) is 48.6 Å². The highest BCUT2D eigenvalue weighted by atomic mass is 16.8. The van der Waals surface area contributed by atoms with Crippen molar-refractivity contribution in [2.45, 2.75) is 69.7 Å². The summed E-state index contributed by atoms with van der Waals surface area (Å²) in [7, 11) is 0. The van der Waals surface area contributed by atoms with Crippen molar-refractivity contribution in [3.8, 4) is 0 Å². The minimum atomic E-state index is -0.842. The number of aliphatic hydroxyl groups excluding tert-OH is 2. The van der Waals surface area contributed by atoms with Crippen LogP contribution in [-0.2, 0) is 33.7 Å². The number of aliphatic hydroxyl groups is 2. The van der Waals surface area contributed by atoms with Gasteiger partial charge in [-0.1, -0.05) is 18.2 Å². The predicted octanol–water partition coefficient (Wildman–Crippen LogP) is 2.17. The molecule has 0 spiro atoms. The van der Waals surface area contributed by atoms with E-state index < -0.39 is 36.4 Å². The van der Waals surface area contributed by atoms with E-state index >= 15 is 0 Å². The Labute approximate surface area is 179 Å². The number of hydrogen-bond donors (Lipinski definition) is 2. The van der Waals surface area contributed by atoms with Gasteiger partial charge in [-0.25, -0.2) is 9.97 Å². The SMILES string of the molecule is CC1(C)O[C@@H]2[C@H](O1)[C@@H](C(O)c1ccc3c(c1)CC3)O[C@H]2n1ccc2c(CO)ncnc21. The fraction of sp³-hybridized carbons (Fsp3) is 0.478. The highest BCUT2D eigenvalue weighted by Crippen LogP contribution is 2.47.